The van der Waals surface area contributed by atoms with Crippen molar-refractivity contribution in [1.29, 1.82) is 5.26 Å². The second-order valence-corrected chi connectivity index (χ2v) is 24.0. The lowest BCUT2D eigenvalue weighted by Gasteiger charge is -2.33. The number of carbonyl (C=O) groups is 9. The van der Waals surface area contributed by atoms with Crippen molar-refractivity contribution in [2.75, 3.05) is 124 Å². The van der Waals surface area contributed by atoms with Crippen LogP contribution in [-0.4, -0.2) is 245 Å². The molecule has 3 saturated heterocycles. The van der Waals surface area contributed by atoms with Crippen LogP contribution < -0.4 is 26.0 Å². The van der Waals surface area contributed by atoms with E-state index in [4.69, 9.17) is 4.74 Å². The van der Waals surface area contributed by atoms with E-state index in [1.165, 1.54) is 12.3 Å². The first-order chi connectivity index (χ1) is 43.6. The van der Waals surface area contributed by atoms with Crippen LogP contribution in [-0.2, 0) is 44.8 Å². The molecule has 0 bridgehead atoms. The average Bonchev–Trinajstić information content (AvgIpc) is 1.96. The molecule has 25 nitrogen and oxygen atoms in total. The van der Waals surface area contributed by atoms with Crippen LogP contribution >= 0.6 is 0 Å². The zero-order chi connectivity index (χ0) is 65.7. The number of hydrogen-bond acceptors (Lipinski definition) is 16. The molecule has 0 spiro atoms. The first-order valence-corrected chi connectivity index (χ1v) is 31.7. The number of aromatic nitrogens is 1. The summed E-state index contributed by atoms with van der Waals surface area (Å²) in [5.41, 5.74) is 3.04. The largest absolute Gasteiger partial charge is 0.494 e. The van der Waals surface area contributed by atoms with Gasteiger partial charge < -0.3 is 51.1 Å². The van der Waals surface area contributed by atoms with Crippen LogP contribution in [0.4, 0.5) is 8.78 Å². The number of halogens is 2. The van der Waals surface area contributed by atoms with E-state index >= 15 is 0 Å². The van der Waals surface area contributed by atoms with Gasteiger partial charge in [-0.15, -0.1) is 0 Å². The summed E-state index contributed by atoms with van der Waals surface area (Å²) >= 11 is 0. The number of pyridine rings is 1. The summed E-state index contributed by atoms with van der Waals surface area (Å²) in [6.45, 7) is 3.55. The Kier molecular flexibility index (Phi) is 29.7. The Hall–Kier alpha value is -7.93. The summed E-state index contributed by atoms with van der Waals surface area (Å²) in [7, 11) is 0. The maximum atomic E-state index is 13.9. The van der Waals surface area contributed by atoms with Gasteiger partial charge >= 0.3 is 17.9 Å². The molecule has 3 aliphatic rings. The summed E-state index contributed by atoms with van der Waals surface area (Å²) in [4.78, 5) is 129. The molecule has 2 atom stereocenters. The number of rotatable bonds is 33. The fraction of sp³-hybridized carbons (Fsp3) is 0.609. The van der Waals surface area contributed by atoms with Gasteiger partial charge in [0.2, 0.25) is 29.5 Å². The average molecular weight is 1270 g/mol. The van der Waals surface area contributed by atoms with Gasteiger partial charge in [0.1, 0.15) is 17.8 Å². The second-order valence-electron chi connectivity index (χ2n) is 24.0. The van der Waals surface area contributed by atoms with Gasteiger partial charge in [-0.2, -0.15) is 5.26 Å². The van der Waals surface area contributed by atoms with Crippen LogP contribution in [0.2, 0.25) is 0 Å². The number of aliphatic carboxylic acids is 3. The van der Waals surface area contributed by atoms with Gasteiger partial charge in [-0.25, -0.2) is 8.78 Å². The molecule has 6 amide bonds. The highest BCUT2D eigenvalue weighted by atomic mass is 19.3. The molecule has 3 aromatic rings. The highest BCUT2D eigenvalue weighted by Gasteiger charge is 2.47. The highest BCUT2D eigenvalue weighted by Crippen LogP contribution is 2.32. The molecule has 0 saturated carbocycles. The maximum absolute atomic E-state index is 13.9. The number of benzene rings is 2. The Morgan fingerprint density at radius 2 is 1.30 bits per heavy atom. The molecule has 3 aliphatic heterocycles. The number of alkyl halides is 2. The molecule has 2 aromatic carbocycles. The van der Waals surface area contributed by atoms with Gasteiger partial charge in [-0.3, -0.25) is 67.7 Å². The summed E-state index contributed by atoms with van der Waals surface area (Å²) in [5.74, 6) is -7.70. The number of carboxylic acids is 3. The van der Waals surface area contributed by atoms with E-state index < -0.39 is 79.1 Å². The van der Waals surface area contributed by atoms with Crippen LogP contribution in [0, 0.1) is 24.2 Å². The first-order valence-electron chi connectivity index (χ1n) is 31.7. The topological polar surface area (TPSA) is 328 Å². The van der Waals surface area contributed by atoms with Gasteiger partial charge in [0, 0.05) is 109 Å². The number of piperidine rings is 1. The van der Waals surface area contributed by atoms with E-state index in [-0.39, 0.29) is 109 Å². The molecule has 0 aliphatic carbocycles. The Balaban J connectivity index is 0.909. The molecule has 7 N–H and O–H groups in total. The highest BCUT2D eigenvalue weighted by molar-refractivity contribution is 6.07. The fourth-order valence-corrected chi connectivity index (χ4v) is 11.6. The Labute approximate surface area is 530 Å². The predicted octanol–water partition coefficient (Wildman–Crippen LogP) is 3.38. The number of ether oxygens (including phenoxy) is 1. The quantitative estimate of drug-likeness (QED) is 0.0430. The first kappa shape index (κ1) is 72.1. The molecule has 27 heteroatoms. The van der Waals surface area contributed by atoms with Gasteiger partial charge in [-0.1, -0.05) is 42.7 Å². The van der Waals surface area contributed by atoms with Gasteiger partial charge in [0.15, 0.2) is 0 Å². The zero-order valence-electron chi connectivity index (χ0n) is 52.2. The molecular weight excluding hydrogens is 1180 g/mol. The molecule has 0 radical (unpaired) electrons. The number of amides is 6. The van der Waals surface area contributed by atoms with Crippen LogP contribution in [0.1, 0.15) is 111 Å². The molecular formula is C64H90F2N12O13. The predicted molar refractivity (Wildman–Crippen MR) is 332 cm³/mol. The number of nitrogens with one attached hydrogen (secondary N) is 4. The molecule has 91 heavy (non-hydrogen) atoms. The lowest BCUT2D eigenvalue weighted by molar-refractivity contribution is -0.140. The van der Waals surface area contributed by atoms with E-state index in [9.17, 15) is 72.5 Å². The molecule has 1 aromatic heterocycles. The number of carbonyl (C=O) groups excluding carboxylic acids is 6. The SMILES string of the molecule is Cc1ccc(CCCC(=O)NCCC[C@H](NC(=O)CN2CCN(CC(=O)O)CCN(CC(=O)O)CCN(CC(=O)O)CC2)C(=O)NCCCCCC(=O)N2CCC(CCCCOc3ccc4nccc(C(=O)NCC(=O)N5CC(F)(F)C[C@@H]5C#N)c4c3)CC2)cc1. The molecule has 3 fully saturated rings. The Morgan fingerprint density at radius 1 is 0.681 bits per heavy atom. The number of nitriles is 1. The van der Waals surface area contributed by atoms with E-state index in [2.05, 4.69) is 26.3 Å². The summed E-state index contributed by atoms with van der Waals surface area (Å²) < 4.78 is 33.8. The minimum Gasteiger partial charge on any atom is -0.494 e. The summed E-state index contributed by atoms with van der Waals surface area (Å²) in [6, 6.07) is 14.3. The monoisotopic (exact) mass is 1270 g/mol. The number of aryl methyl sites for hydroxylation is 2. The van der Waals surface area contributed by atoms with Crippen molar-refractivity contribution in [3.63, 3.8) is 0 Å². The van der Waals surface area contributed by atoms with Crippen molar-refractivity contribution in [3.8, 4) is 11.8 Å². The molecule has 4 heterocycles. The normalized spacial score (nSPS) is 17.6. The molecule has 0 unspecified atom stereocenters. The van der Waals surface area contributed by atoms with E-state index in [0.717, 1.165) is 54.6 Å². The van der Waals surface area contributed by atoms with E-state index in [0.29, 0.717) is 93.8 Å². The number of unbranched alkanes of at least 4 members (excludes halogenated alkanes) is 3. The third kappa shape index (κ3) is 26.1. The lowest BCUT2D eigenvalue weighted by Crippen LogP contribution is -2.52. The molecule has 498 valence electrons. The van der Waals surface area contributed by atoms with Crippen molar-refractivity contribution in [2.45, 2.75) is 121 Å². The minimum atomic E-state index is -3.17. The number of carboxylic acid groups (broad SMARTS) is 3. The summed E-state index contributed by atoms with van der Waals surface area (Å²) in [5, 5.41) is 49.8. The van der Waals surface area contributed by atoms with Crippen molar-refractivity contribution in [1.82, 2.24) is 55.7 Å². The lowest BCUT2D eigenvalue weighted by atomic mass is 9.91. The van der Waals surface area contributed by atoms with E-state index in [1.54, 1.807) is 43.9 Å². The van der Waals surface area contributed by atoms with Crippen molar-refractivity contribution < 1.29 is 72.0 Å². The number of hydrogen-bond donors (Lipinski definition) is 7. The third-order valence-electron chi connectivity index (χ3n) is 16.7. The Morgan fingerprint density at radius 3 is 1.91 bits per heavy atom. The van der Waals surface area contributed by atoms with Gasteiger partial charge in [0.25, 0.3) is 11.8 Å². The maximum Gasteiger partial charge on any atom is 0.317 e. The van der Waals surface area contributed by atoms with Crippen LogP contribution in [0.3, 0.4) is 0 Å². The van der Waals surface area contributed by atoms with Crippen molar-refractivity contribution >= 4 is 64.3 Å². The van der Waals surface area contributed by atoms with Crippen LogP contribution in [0.5, 0.6) is 5.75 Å². The van der Waals surface area contributed by atoms with Gasteiger partial charge in [0.05, 0.1) is 63.0 Å². The number of likely N-dealkylation sites (tertiary alicyclic amines) is 2. The number of nitrogens with zero attached hydrogens (tertiary/aromatic N) is 8. The summed E-state index contributed by atoms with van der Waals surface area (Å²) in [6.07, 6.45) is 9.75. The fourth-order valence-electron chi connectivity index (χ4n) is 11.6. The zero-order valence-corrected chi connectivity index (χ0v) is 52.2. The number of fused-ring (bicyclic) bond motifs is 1. The third-order valence-corrected chi connectivity index (χ3v) is 16.7. The van der Waals surface area contributed by atoms with Crippen molar-refractivity contribution in [2.24, 2.45) is 5.92 Å². The van der Waals surface area contributed by atoms with Crippen LogP contribution in [0.25, 0.3) is 10.9 Å². The van der Waals surface area contributed by atoms with Gasteiger partial charge in [-0.05, 0) is 107 Å². The van der Waals surface area contributed by atoms with Crippen LogP contribution in [0.15, 0.2) is 54.7 Å². The second kappa shape index (κ2) is 37.4. The molecule has 6 rings (SSSR count). The minimum absolute atomic E-state index is 0.0868. The smallest absolute Gasteiger partial charge is 0.317 e. The standard InChI is InChI=1S/C64H90F2N12O13/c1-46-14-16-47(17-15-46)10-7-12-55(79)69-24-8-11-54(72-56(80)41-73-28-30-74(42-59(83)84)32-34-76(44-61(87)88)35-33-75(31-29-73)43-60(85)86)63(90)70-23-5-2-3-13-57(81)77-26-21-48(22-27-77)9-4-6-36-91-50-18-19-53-52(37-50)51(20-25-68-53)62(89)71-40-58(82)78-45-64(65,66)38-49(78)39-67/h14-20,25,37,48-49,54H,2-13,21-24,26-36,38,40-45H2,1H3,(H,69,79)(H,70,90)(H,71,89)(H,72,80)(H,83,84)(H,85,86)(H,87,88)/t49-,54+/m1/s1. The Bertz CT molecular complexity index is 2930. The van der Waals surface area contributed by atoms with Crippen molar-refractivity contribution in [3.05, 3.63) is 71.4 Å². The van der Waals surface area contributed by atoms with E-state index in [1.807, 2.05) is 36.1 Å².